The molecule has 9 heteroatoms. The van der Waals surface area contributed by atoms with Crippen molar-refractivity contribution in [3.63, 3.8) is 0 Å². The molecule has 1 aromatic heterocycles. The van der Waals surface area contributed by atoms with Gasteiger partial charge < -0.3 is 14.4 Å². The van der Waals surface area contributed by atoms with Gasteiger partial charge >= 0.3 is 0 Å². The van der Waals surface area contributed by atoms with Gasteiger partial charge in [-0.05, 0) is 59.2 Å². The number of benzene rings is 2. The Morgan fingerprint density at radius 3 is 2.71 bits per heavy atom. The molecule has 3 aromatic rings. The fraction of sp³-hybridized carbons (Fsp3) is 0.320. The monoisotopic (exact) mass is 497 g/mol. The van der Waals surface area contributed by atoms with Crippen molar-refractivity contribution < 1.29 is 17.9 Å². The Balaban J connectivity index is 1.52. The molecule has 178 valence electrons. The van der Waals surface area contributed by atoms with Gasteiger partial charge in [-0.15, -0.1) is 11.3 Å². The number of sulfonamides is 1. The molecular weight excluding hydrogens is 470 g/mol. The topological polar surface area (TPSA) is 91.7 Å². The largest absolute Gasteiger partial charge is 0.385 e. The van der Waals surface area contributed by atoms with Crippen molar-refractivity contribution in [2.24, 2.45) is 0 Å². The van der Waals surface area contributed by atoms with Crippen molar-refractivity contribution in [1.82, 2.24) is 4.72 Å². The second kappa shape index (κ2) is 11.1. The van der Waals surface area contributed by atoms with Crippen LogP contribution in [-0.2, 0) is 19.5 Å². The minimum atomic E-state index is -3.86. The van der Waals surface area contributed by atoms with Gasteiger partial charge in [-0.3, -0.25) is 0 Å². The van der Waals surface area contributed by atoms with E-state index in [1.165, 1.54) is 28.5 Å². The highest BCUT2D eigenvalue weighted by molar-refractivity contribution is 7.93. The number of allylic oxidation sites excluding steroid dienone is 1. The Kier molecular flexibility index (Phi) is 7.98. The standard InChI is InChI=1S/C25H27N3O4S2/c1-31-12-2-9-27-34(29,30)24(18-26)17-23-7-8-25(33-23)21-4-3-20-16-22(6-5-19(20)15-21)28-10-13-32-14-11-28/h3-8,15-17,27H,2,9-14H2,1H3/b24-17+. The average Bonchev–Trinajstić information content (AvgIpc) is 3.34. The molecule has 4 rings (SSSR count). The first-order valence-electron chi connectivity index (χ1n) is 11.1. The number of nitrogens with one attached hydrogen (secondary N) is 1. The smallest absolute Gasteiger partial charge is 0.250 e. The summed E-state index contributed by atoms with van der Waals surface area (Å²) >= 11 is 1.45. The predicted octanol–water partition coefficient (Wildman–Crippen LogP) is 4.23. The highest BCUT2D eigenvalue weighted by Gasteiger charge is 2.17. The Hall–Kier alpha value is -2.74. The number of nitriles is 1. The summed E-state index contributed by atoms with van der Waals surface area (Å²) in [7, 11) is -2.30. The SMILES string of the molecule is COCCCNS(=O)(=O)/C(C#N)=C/c1ccc(-c2ccc3cc(N4CCOCC4)ccc3c2)s1. The number of fused-ring (bicyclic) bond motifs is 1. The van der Waals surface area contributed by atoms with Gasteiger partial charge in [0.15, 0.2) is 4.91 Å². The van der Waals surface area contributed by atoms with Crippen molar-refractivity contribution in [2.45, 2.75) is 6.42 Å². The molecule has 1 aliphatic rings. The second-order valence-electron chi connectivity index (χ2n) is 7.91. The molecule has 0 radical (unpaired) electrons. The molecule has 1 saturated heterocycles. The van der Waals surface area contributed by atoms with Crippen molar-refractivity contribution in [3.05, 3.63) is 58.3 Å². The van der Waals surface area contributed by atoms with E-state index in [4.69, 9.17) is 9.47 Å². The van der Waals surface area contributed by atoms with E-state index in [1.54, 1.807) is 7.11 Å². The molecule has 2 aromatic carbocycles. The maximum absolute atomic E-state index is 12.4. The normalized spacial score (nSPS) is 14.9. The van der Waals surface area contributed by atoms with Crippen molar-refractivity contribution in [2.75, 3.05) is 51.5 Å². The fourth-order valence-corrected chi connectivity index (χ4v) is 5.78. The summed E-state index contributed by atoms with van der Waals surface area (Å²) in [4.78, 5) is 3.75. The molecule has 2 heterocycles. The van der Waals surface area contributed by atoms with E-state index < -0.39 is 10.0 Å². The van der Waals surface area contributed by atoms with Crippen molar-refractivity contribution >= 4 is 43.9 Å². The van der Waals surface area contributed by atoms with Crippen LogP contribution >= 0.6 is 11.3 Å². The predicted molar refractivity (Wildman–Crippen MR) is 137 cm³/mol. The fourth-order valence-electron chi connectivity index (χ4n) is 3.79. The third kappa shape index (κ3) is 5.84. The number of hydrogen-bond donors (Lipinski definition) is 1. The molecule has 0 amide bonds. The van der Waals surface area contributed by atoms with Gasteiger partial charge in [-0.1, -0.05) is 18.2 Å². The van der Waals surface area contributed by atoms with Crippen LogP contribution in [-0.4, -0.2) is 55.0 Å². The quantitative estimate of drug-likeness (QED) is 0.351. The van der Waals surface area contributed by atoms with Crippen LogP contribution < -0.4 is 9.62 Å². The number of ether oxygens (including phenoxy) is 2. The molecule has 7 nitrogen and oxygen atoms in total. The van der Waals surface area contributed by atoms with Gasteiger partial charge in [-0.25, -0.2) is 13.1 Å². The lowest BCUT2D eigenvalue weighted by Crippen LogP contribution is -2.36. The average molecular weight is 498 g/mol. The summed E-state index contributed by atoms with van der Waals surface area (Å²) in [6, 6.07) is 18.4. The van der Waals surface area contributed by atoms with Crippen LogP contribution in [0.2, 0.25) is 0 Å². The van der Waals surface area contributed by atoms with Crippen LogP contribution in [0.3, 0.4) is 0 Å². The van der Waals surface area contributed by atoms with Crippen molar-refractivity contribution in [1.29, 1.82) is 5.26 Å². The minimum absolute atomic E-state index is 0.217. The summed E-state index contributed by atoms with van der Waals surface area (Å²) in [5, 5.41) is 11.7. The van der Waals surface area contributed by atoms with Crippen LogP contribution in [0.4, 0.5) is 5.69 Å². The van der Waals surface area contributed by atoms with E-state index in [0.717, 1.165) is 42.1 Å². The van der Waals surface area contributed by atoms with Crippen molar-refractivity contribution in [3.8, 4) is 16.5 Å². The number of anilines is 1. The summed E-state index contributed by atoms with van der Waals surface area (Å²) < 4.78 is 37.7. The maximum atomic E-state index is 12.4. The van der Waals surface area contributed by atoms with E-state index in [1.807, 2.05) is 18.2 Å². The van der Waals surface area contributed by atoms with E-state index in [9.17, 15) is 13.7 Å². The van der Waals surface area contributed by atoms with Gasteiger partial charge in [0.1, 0.15) is 6.07 Å². The Bertz CT molecular complexity index is 1320. The zero-order valence-corrected chi connectivity index (χ0v) is 20.6. The summed E-state index contributed by atoms with van der Waals surface area (Å²) in [6.45, 7) is 3.98. The summed E-state index contributed by atoms with van der Waals surface area (Å²) in [6.07, 6.45) is 1.95. The van der Waals surface area contributed by atoms with E-state index >= 15 is 0 Å². The van der Waals surface area contributed by atoms with Crippen LogP contribution in [0.5, 0.6) is 0 Å². The van der Waals surface area contributed by atoms with Crippen LogP contribution in [0.25, 0.3) is 27.3 Å². The minimum Gasteiger partial charge on any atom is -0.385 e. The molecule has 1 fully saturated rings. The lowest BCUT2D eigenvalue weighted by Gasteiger charge is -2.29. The molecule has 1 aliphatic heterocycles. The summed E-state index contributed by atoms with van der Waals surface area (Å²) in [5.74, 6) is 0. The third-order valence-electron chi connectivity index (χ3n) is 5.60. The lowest BCUT2D eigenvalue weighted by atomic mass is 10.0. The number of nitrogens with zero attached hydrogens (tertiary/aromatic N) is 2. The number of thiophene rings is 1. The number of methoxy groups -OCH3 is 1. The Morgan fingerprint density at radius 1 is 1.18 bits per heavy atom. The zero-order chi connectivity index (χ0) is 24.0. The highest BCUT2D eigenvalue weighted by Crippen LogP contribution is 2.33. The summed E-state index contributed by atoms with van der Waals surface area (Å²) in [5.41, 5.74) is 2.25. The first-order chi connectivity index (χ1) is 16.5. The molecule has 0 atom stereocenters. The Morgan fingerprint density at radius 2 is 1.94 bits per heavy atom. The van der Waals surface area contributed by atoms with Gasteiger partial charge in [0.2, 0.25) is 0 Å². The molecule has 0 aliphatic carbocycles. The molecule has 0 spiro atoms. The molecule has 0 bridgehead atoms. The van der Waals surface area contributed by atoms with Gasteiger partial charge in [-0.2, -0.15) is 5.26 Å². The van der Waals surface area contributed by atoms with Gasteiger partial charge in [0.25, 0.3) is 10.0 Å². The van der Waals surface area contributed by atoms with Crippen LogP contribution in [0.1, 0.15) is 11.3 Å². The molecule has 0 saturated carbocycles. The maximum Gasteiger partial charge on any atom is 0.250 e. The van der Waals surface area contributed by atoms with E-state index in [2.05, 4.69) is 46.0 Å². The third-order valence-corrected chi connectivity index (χ3v) is 8.06. The Labute approximate surface area is 204 Å². The first kappa shape index (κ1) is 24.4. The number of hydrogen-bond acceptors (Lipinski definition) is 7. The molecular formula is C25H27N3O4S2. The molecule has 0 unspecified atom stereocenters. The molecule has 1 N–H and O–H groups in total. The van der Waals surface area contributed by atoms with Crippen LogP contribution in [0, 0.1) is 11.3 Å². The lowest BCUT2D eigenvalue weighted by molar-refractivity contribution is 0.122. The van der Waals surface area contributed by atoms with E-state index in [-0.39, 0.29) is 11.4 Å². The van der Waals surface area contributed by atoms with Crippen LogP contribution in [0.15, 0.2) is 53.4 Å². The van der Waals surface area contributed by atoms with E-state index in [0.29, 0.717) is 17.9 Å². The second-order valence-corrected chi connectivity index (χ2v) is 10.8. The highest BCUT2D eigenvalue weighted by atomic mass is 32.2. The number of morpholine rings is 1. The molecule has 34 heavy (non-hydrogen) atoms. The van der Waals surface area contributed by atoms with Gasteiger partial charge in [0, 0.05) is 48.8 Å². The number of rotatable bonds is 9. The zero-order valence-electron chi connectivity index (χ0n) is 19.0. The van der Waals surface area contributed by atoms with Gasteiger partial charge in [0.05, 0.1) is 13.2 Å². The first-order valence-corrected chi connectivity index (χ1v) is 13.4.